The van der Waals surface area contributed by atoms with Crippen LogP contribution in [0.3, 0.4) is 0 Å². The number of fused-ring (bicyclic) bond motifs is 2. The van der Waals surface area contributed by atoms with Crippen LogP contribution in [0.1, 0.15) is 12.5 Å². The van der Waals surface area contributed by atoms with Crippen LogP contribution in [0.5, 0.6) is 0 Å². The van der Waals surface area contributed by atoms with E-state index in [0.717, 1.165) is 16.5 Å². The fourth-order valence-corrected chi connectivity index (χ4v) is 2.63. The summed E-state index contributed by atoms with van der Waals surface area (Å²) in [6, 6.07) is 9.94. The fourth-order valence-electron chi connectivity index (χ4n) is 2.63. The van der Waals surface area contributed by atoms with E-state index in [1.54, 1.807) is 17.1 Å². The minimum Gasteiger partial charge on any atom is -0.394 e. The van der Waals surface area contributed by atoms with Gasteiger partial charge in [-0.15, -0.1) is 5.10 Å². The standard InChI is InChI=1S/C17H17N7O/c1-11(10-25)20-15-8-19-16-17(21-15)24(23-22-16)9-12-4-5-14-13(7-12)3-2-6-18-14/h2-8,11,25H,9-10H2,1H3,(H,20,21)/t11-/m1/s1. The Morgan fingerprint density at radius 2 is 2.16 bits per heavy atom. The predicted octanol–water partition coefficient (Wildman–Crippen LogP) is 1.61. The first-order valence-electron chi connectivity index (χ1n) is 8.00. The van der Waals surface area contributed by atoms with Crippen molar-refractivity contribution in [1.82, 2.24) is 29.9 Å². The van der Waals surface area contributed by atoms with Gasteiger partial charge in [-0.25, -0.2) is 14.6 Å². The number of hydrogen-bond donors (Lipinski definition) is 2. The Bertz CT molecular complexity index is 1030. The summed E-state index contributed by atoms with van der Waals surface area (Å²) < 4.78 is 1.72. The monoisotopic (exact) mass is 335 g/mol. The number of benzene rings is 1. The van der Waals surface area contributed by atoms with Crippen LogP contribution in [0, 0.1) is 0 Å². The number of pyridine rings is 1. The van der Waals surface area contributed by atoms with Crippen molar-refractivity contribution in [3.8, 4) is 0 Å². The SMILES string of the molecule is C[C@H](CO)Nc1cnc2nnn(Cc3ccc4ncccc4c3)c2n1. The van der Waals surface area contributed by atoms with Crippen LogP contribution in [0.25, 0.3) is 22.2 Å². The summed E-state index contributed by atoms with van der Waals surface area (Å²) in [5.74, 6) is 0.584. The molecule has 3 heterocycles. The molecule has 0 aliphatic heterocycles. The van der Waals surface area contributed by atoms with Gasteiger partial charge < -0.3 is 10.4 Å². The predicted molar refractivity (Wildman–Crippen MR) is 94.1 cm³/mol. The summed E-state index contributed by atoms with van der Waals surface area (Å²) in [4.78, 5) is 13.1. The number of hydrogen-bond acceptors (Lipinski definition) is 7. The Hall–Kier alpha value is -3.13. The van der Waals surface area contributed by atoms with Gasteiger partial charge in [0.25, 0.3) is 0 Å². The average Bonchev–Trinajstić information content (AvgIpc) is 3.04. The highest BCUT2D eigenvalue weighted by molar-refractivity contribution is 5.79. The molecule has 0 aliphatic carbocycles. The maximum absolute atomic E-state index is 9.16. The highest BCUT2D eigenvalue weighted by Gasteiger charge is 2.11. The number of aliphatic hydroxyl groups is 1. The van der Waals surface area contributed by atoms with Crippen LogP contribution in [-0.4, -0.2) is 47.7 Å². The molecule has 0 saturated heterocycles. The van der Waals surface area contributed by atoms with Crippen molar-refractivity contribution in [1.29, 1.82) is 0 Å². The van der Waals surface area contributed by atoms with Crippen molar-refractivity contribution >= 4 is 28.0 Å². The van der Waals surface area contributed by atoms with Crippen molar-refractivity contribution in [2.45, 2.75) is 19.5 Å². The van der Waals surface area contributed by atoms with Crippen molar-refractivity contribution in [3.63, 3.8) is 0 Å². The number of anilines is 1. The van der Waals surface area contributed by atoms with E-state index in [0.29, 0.717) is 23.7 Å². The van der Waals surface area contributed by atoms with Crippen molar-refractivity contribution in [2.24, 2.45) is 0 Å². The summed E-state index contributed by atoms with van der Waals surface area (Å²) in [6.45, 7) is 2.42. The zero-order valence-electron chi connectivity index (χ0n) is 13.7. The van der Waals surface area contributed by atoms with Gasteiger partial charge in [-0.2, -0.15) is 0 Å². The minimum absolute atomic E-state index is 0.0162. The molecule has 4 rings (SSSR count). The third-order valence-electron chi connectivity index (χ3n) is 3.90. The number of nitrogens with one attached hydrogen (secondary N) is 1. The van der Waals surface area contributed by atoms with Crippen molar-refractivity contribution in [3.05, 3.63) is 48.3 Å². The van der Waals surface area contributed by atoms with Gasteiger partial charge in [0, 0.05) is 17.6 Å². The molecule has 0 spiro atoms. The van der Waals surface area contributed by atoms with Crippen LogP contribution in [0.4, 0.5) is 5.82 Å². The largest absolute Gasteiger partial charge is 0.394 e. The second kappa shape index (κ2) is 6.40. The normalized spacial score (nSPS) is 12.6. The molecule has 1 aromatic carbocycles. The van der Waals surface area contributed by atoms with E-state index in [-0.39, 0.29) is 12.6 Å². The Morgan fingerprint density at radius 1 is 1.24 bits per heavy atom. The van der Waals surface area contributed by atoms with Gasteiger partial charge in [0.1, 0.15) is 5.82 Å². The highest BCUT2D eigenvalue weighted by atomic mass is 16.3. The Kier molecular flexibility index (Phi) is 3.95. The van der Waals surface area contributed by atoms with E-state index in [1.165, 1.54) is 0 Å². The first-order valence-corrected chi connectivity index (χ1v) is 8.00. The molecule has 0 bridgehead atoms. The summed E-state index contributed by atoms with van der Waals surface area (Å²) in [5.41, 5.74) is 3.13. The van der Waals surface area contributed by atoms with E-state index in [1.807, 2.05) is 31.2 Å². The van der Waals surface area contributed by atoms with Crippen molar-refractivity contribution in [2.75, 3.05) is 11.9 Å². The maximum atomic E-state index is 9.16. The molecule has 0 radical (unpaired) electrons. The van der Waals surface area contributed by atoms with E-state index in [4.69, 9.17) is 5.11 Å². The third kappa shape index (κ3) is 3.11. The number of aromatic nitrogens is 6. The second-order valence-corrected chi connectivity index (χ2v) is 5.91. The molecule has 4 aromatic rings. The lowest BCUT2D eigenvalue weighted by atomic mass is 10.1. The number of aliphatic hydroxyl groups excluding tert-OH is 1. The lowest BCUT2D eigenvalue weighted by Crippen LogP contribution is -2.20. The van der Waals surface area contributed by atoms with Gasteiger partial charge in [-0.3, -0.25) is 4.98 Å². The smallest absolute Gasteiger partial charge is 0.221 e. The van der Waals surface area contributed by atoms with Crippen LogP contribution < -0.4 is 5.32 Å². The molecule has 0 saturated carbocycles. The maximum Gasteiger partial charge on any atom is 0.221 e. The lowest BCUT2D eigenvalue weighted by Gasteiger charge is -2.10. The van der Waals surface area contributed by atoms with Gasteiger partial charge in [0.2, 0.25) is 5.65 Å². The van der Waals surface area contributed by atoms with Gasteiger partial charge >= 0.3 is 0 Å². The molecular weight excluding hydrogens is 318 g/mol. The van der Waals surface area contributed by atoms with Gasteiger partial charge in [0.15, 0.2) is 5.65 Å². The molecule has 0 aliphatic rings. The Morgan fingerprint density at radius 3 is 3.04 bits per heavy atom. The lowest BCUT2D eigenvalue weighted by molar-refractivity contribution is 0.281. The quantitative estimate of drug-likeness (QED) is 0.571. The van der Waals surface area contributed by atoms with Gasteiger partial charge in [-0.1, -0.05) is 17.3 Å². The zero-order valence-corrected chi connectivity index (χ0v) is 13.7. The average molecular weight is 335 g/mol. The Labute approximate surface area is 143 Å². The second-order valence-electron chi connectivity index (χ2n) is 5.91. The fraction of sp³-hybridized carbons (Fsp3) is 0.235. The minimum atomic E-state index is -0.107. The topological polar surface area (TPSA) is 102 Å². The molecule has 3 aromatic heterocycles. The van der Waals surface area contributed by atoms with Crippen LogP contribution >= 0.6 is 0 Å². The number of rotatable bonds is 5. The van der Waals surface area contributed by atoms with E-state index in [2.05, 4.69) is 36.6 Å². The number of nitrogens with zero attached hydrogens (tertiary/aromatic N) is 6. The summed E-state index contributed by atoms with van der Waals surface area (Å²) in [5, 5.41) is 21.6. The van der Waals surface area contributed by atoms with Gasteiger partial charge in [0.05, 0.1) is 24.9 Å². The van der Waals surface area contributed by atoms with E-state index < -0.39 is 0 Å². The molecule has 0 fully saturated rings. The zero-order chi connectivity index (χ0) is 17.2. The molecule has 25 heavy (non-hydrogen) atoms. The first kappa shape index (κ1) is 15.4. The molecule has 0 unspecified atom stereocenters. The molecule has 8 nitrogen and oxygen atoms in total. The van der Waals surface area contributed by atoms with Crippen LogP contribution in [0.2, 0.25) is 0 Å². The molecule has 1 atom stereocenters. The van der Waals surface area contributed by atoms with E-state index >= 15 is 0 Å². The molecule has 126 valence electrons. The van der Waals surface area contributed by atoms with E-state index in [9.17, 15) is 0 Å². The molecule has 0 amide bonds. The van der Waals surface area contributed by atoms with Crippen LogP contribution in [0.15, 0.2) is 42.7 Å². The van der Waals surface area contributed by atoms with Crippen LogP contribution in [-0.2, 0) is 6.54 Å². The summed E-state index contributed by atoms with van der Waals surface area (Å²) in [6.07, 6.45) is 3.37. The molecule has 8 heteroatoms. The van der Waals surface area contributed by atoms with Gasteiger partial charge in [-0.05, 0) is 30.7 Å². The Balaban J connectivity index is 1.66. The molecular formula is C17H17N7O. The summed E-state index contributed by atoms with van der Waals surface area (Å²) in [7, 11) is 0. The van der Waals surface area contributed by atoms with Crippen molar-refractivity contribution < 1.29 is 5.11 Å². The third-order valence-corrected chi connectivity index (χ3v) is 3.90. The molecule has 2 N–H and O–H groups in total. The first-order chi connectivity index (χ1) is 12.2. The highest BCUT2D eigenvalue weighted by Crippen LogP contribution is 2.16. The summed E-state index contributed by atoms with van der Waals surface area (Å²) >= 11 is 0.